The molecule has 0 aliphatic carbocycles. The van der Waals surface area contributed by atoms with Crippen LogP contribution in [0.1, 0.15) is 23.3 Å². The van der Waals surface area contributed by atoms with E-state index in [1.807, 2.05) is 30.1 Å². The van der Waals surface area contributed by atoms with Crippen LogP contribution in [-0.4, -0.2) is 42.5 Å². The lowest BCUT2D eigenvalue weighted by Gasteiger charge is -2.32. The summed E-state index contributed by atoms with van der Waals surface area (Å²) < 4.78 is 5.46. The van der Waals surface area contributed by atoms with Crippen LogP contribution in [0.5, 0.6) is 0 Å². The Bertz CT molecular complexity index is 684. The second kappa shape index (κ2) is 7.15. The molecule has 1 atom stereocenters. The average molecular weight is 334 g/mol. The predicted molar refractivity (Wildman–Crippen MR) is 89.5 cm³/mol. The molecule has 122 valence electrons. The number of oxazole rings is 1. The molecule has 3 rings (SSSR count). The Balaban J connectivity index is 1.84. The first kappa shape index (κ1) is 16.0. The van der Waals surface area contributed by atoms with Gasteiger partial charge in [-0.3, -0.25) is 4.79 Å². The maximum Gasteiger partial charge on any atom is 0.276 e. The highest BCUT2D eigenvalue weighted by molar-refractivity contribution is 6.33. The highest BCUT2D eigenvalue weighted by atomic mass is 35.5. The van der Waals surface area contributed by atoms with Gasteiger partial charge < -0.3 is 14.6 Å². The maximum absolute atomic E-state index is 12.9. The number of carbonyl (C=O) groups is 1. The SMILES string of the molecule is CNCC1CCCN(C(=O)c2ncoc2-c2ccccc2Cl)C1. The smallest absolute Gasteiger partial charge is 0.276 e. The van der Waals surface area contributed by atoms with Gasteiger partial charge in [0.1, 0.15) is 0 Å². The van der Waals surface area contributed by atoms with Crippen molar-refractivity contribution in [2.24, 2.45) is 5.92 Å². The Labute approximate surface area is 140 Å². The zero-order valence-corrected chi connectivity index (χ0v) is 13.8. The molecule has 1 aliphatic rings. The first-order chi connectivity index (χ1) is 11.2. The van der Waals surface area contributed by atoms with Gasteiger partial charge in [0.05, 0.1) is 5.02 Å². The fraction of sp³-hybridized carbons (Fsp3) is 0.412. The molecule has 0 spiro atoms. The summed E-state index contributed by atoms with van der Waals surface area (Å²) in [5.41, 5.74) is 1.03. The Morgan fingerprint density at radius 1 is 1.48 bits per heavy atom. The van der Waals surface area contributed by atoms with Gasteiger partial charge in [-0.1, -0.05) is 23.7 Å². The number of benzene rings is 1. The zero-order chi connectivity index (χ0) is 16.2. The van der Waals surface area contributed by atoms with Gasteiger partial charge in [0.15, 0.2) is 17.8 Å². The van der Waals surface area contributed by atoms with Crippen LogP contribution in [0.25, 0.3) is 11.3 Å². The fourth-order valence-electron chi connectivity index (χ4n) is 3.09. The van der Waals surface area contributed by atoms with Gasteiger partial charge in [-0.15, -0.1) is 0 Å². The van der Waals surface area contributed by atoms with E-state index in [4.69, 9.17) is 16.0 Å². The topological polar surface area (TPSA) is 58.4 Å². The average Bonchev–Trinajstić information content (AvgIpc) is 3.04. The highest BCUT2D eigenvalue weighted by Gasteiger charge is 2.28. The molecular formula is C17H20ClN3O2. The van der Waals surface area contributed by atoms with Crippen molar-refractivity contribution in [3.8, 4) is 11.3 Å². The summed E-state index contributed by atoms with van der Waals surface area (Å²) in [4.78, 5) is 18.9. The minimum atomic E-state index is -0.0885. The molecular weight excluding hydrogens is 314 g/mol. The van der Waals surface area contributed by atoms with E-state index in [0.29, 0.717) is 28.0 Å². The standard InChI is InChI=1S/C17H20ClN3O2/c1-19-9-12-5-4-8-21(10-12)17(22)15-16(23-11-20-15)13-6-2-3-7-14(13)18/h2-3,6-7,11-12,19H,4-5,8-10H2,1H3. The van der Waals surface area contributed by atoms with Gasteiger partial charge in [0.2, 0.25) is 0 Å². The molecule has 1 amide bonds. The lowest BCUT2D eigenvalue weighted by Crippen LogP contribution is -2.42. The largest absolute Gasteiger partial charge is 0.443 e. The molecule has 1 N–H and O–H groups in total. The van der Waals surface area contributed by atoms with Crippen molar-refractivity contribution < 1.29 is 9.21 Å². The van der Waals surface area contributed by atoms with Crippen LogP contribution in [0.2, 0.25) is 5.02 Å². The number of nitrogens with one attached hydrogen (secondary N) is 1. The van der Waals surface area contributed by atoms with Crippen LogP contribution in [-0.2, 0) is 0 Å². The van der Waals surface area contributed by atoms with E-state index in [1.165, 1.54) is 6.39 Å². The van der Waals surface area contributed by atoms with Crippen molar-refractivity contribution in [1.29, 1.82) is 0 Å². The van der Waals surface area contributed by atoms with Crippen LogP contribution in [0.3, 0.4) is 0 Å². The lowest BCUT2D eigenvalue weighted by atomic mass is 9.97. The summed E-state index contributed by atoms with van der Waals surface area (Å²) in [6, 6.07) is 7.32. The summed E-state index contributed by atoms with van der Waals surface area (Å²) in [5.74, 6) is 0.833. The van der Waals surface area contributed by atoms with Crippen molar-refractivity contribution >= 4 is 17.5 Å². The monoisotopic (exact) mass is 333 g/mol. The molecule has 1 saturated heterocycles. The molecule has 1 fully saturated rings. The van der Waals surface area contributed by atoms with E-state index < -0.39 is 0 Å². The molecule has 0 radical (unpaired) electrons. The number of piperidine rings is 1. The summed E-state index contributed by atoms with van der Waals surface area (Å²) in [6.07, 6.45) is 3.46. The van der Waals surface area contributed by atoms with Crippen molar-refractivity contribution in [3.05, 3.63) is 41.4 Å². The van der Waals surface area contributed by atoms with Crippen LogP contribution in [0.15, 0.2) is 35.1 Å². The molecule has 1 aromatic carbocycles. The molecule has 23 heavy (non-hydrogen) atoms. The first-order valence-electron chi connectivity index (χ1n) is 7.83. The fourth-order valence-corrected chi connectivity index (χ4v) is 3.31. The number of rotatable bonds is 4. The Morgan fingerprint density at radius 3 is 3.09 bits per heavy atom. The summed E-state index contributed by atoms with van der Waals surface area (Å²) in [5, 5.41) is 3.73. The van der Waals surface area contributed by atoms with Crippen LogP contribution in [0, 0.1) is 5.92 Å². The third-order valence-electron chi connectivity index (χ3n) is 4.19. The molecule has 1 aromatic heterocycles. The maximum atomic E-state index is 12.9. The number of carbonyl (C=O) groups excluding carboxylic acids is 1. The molecule has 2 aromatic rings. The van der Waals surface area contributed by atoms with E-state index in [9.17, 15) is 4.79 Å². The molecule has 1 unspecified atom stereocenters. The second-order valence-electron chi connectivity index (χ2n) is 5.83. The first-order valence-corrected chi connectivity index (χ1v) is 8.20. The van der Waals surface area contributed by atoms with Gasteiger partial charge in [0, 0.05) is 18.7 Å². The third-order valence-corrected chi connectivity index (χ3v) is 4.52. The number of likely N-dealkylation sites (tertiary alicyclic amines) is 1. The van der Waals surface area contributed by atoms with E-state index in [1.54, 1.807) is 6.07 Å². The Morgan fingerprint density at radius 2 is 2.30 bits per heavy atom. The van der Waals surface area contributed by atoms with Gasteiger partial charge >= 0.3 is 0 Å². The predicted octanol–water partition coefficient (Wildman–Crippen LogP) is 3.07. The third kappa shape index (κ3) is 3.41. The van der Waals surface area contributed by atoms with Gasteiger partial charge in [-0.05, 0) is 44.5 Å². The van der Waals surface area contributed by atoms with E-state index in [0.717, 1.165) is 32.5 Å². The molecule has 0 saturated carbocycles. The number of nitrogens with zero attached hydrogens (tertiary/aromatic N) is 2. The van der Waals surface area contributed by atoms with Crippen molar-refractivity contribution in [1.82, 2.24) is 15.2 Å². The summed E-state index contributed by atoms with van der Waals surface area (Å²) in [6.45, 7) is 2.42. The Hall–Kier alpha value is -1.85. The number of halogens is 1. The molecule has 0 bridgehead atoms. The highest BCUT2D eigenvalue weighted by Crippen LogP contribution is 2.31. The molecule has 2 heterocycles. The molecule has 1 aliphatic heterocycles. The summed E-state index contributed by atoms with van der Waals surface area (Å²) in [7, 11) is 1.94. The van der Waals surface area contributed by atoms with Gasteiger partial charge in [-0.2, -0.15) is 0 Å². The molecule has 5 nitrogen and oxygen atoms in total. The van der Waals surface area contributed by atoms with E-state index in [-0.39, 0.29) is 5.91 Å². The van der Waals surface area contributed by atoms with Crippen molar-refractivity contribution in [2.45, 2.75) is 12.8 Å². The quantitative estimate of drug-likeness (QED) is 0.934. The molecule has 6 heteroatoms. The van der Waals surface area contributed by atoms with Gasteiger partial charge in [0.25, 0.3) is 5.91 Å². The minimum absolute atomic E-state index is 0.0885. The van der Waals surface area contributed by atoms with Gasteiger partial charge in [-0.25, -0.2) is 4.98 Å². The second-order valence-corrected chi connectivity index (χ2v) is 6.23. The van der Waals surface area contributed by atoms with Crippen LogP contribution < -0.4 is 5.32 Å². The number of amides is 1. The number of hydrogen-bond acceptors (Lipinski definition) is 4. The van der Waals surface area contributed by atoms with Crippen molar-refractivity contribution in [2.75, 3.05) is 26.7 Å². The minimum Gasteiger partial charge on any atom is -0.443 e. The lowest BCUT2D eigenvalue weighted by molar-refractivity contribution is 0.0669. The van der Waals surface area contributed by atoms with Crippen LogP contribution in [0.4, 0.5) is 0 Å². The Kier molecular flexibility index (Phi) is 4.98. The summed E-state index contributed by atoms with van der Waals surface area (Å²) >= 11 is 6.22. The van der Waals surface area contributed by atoms with Crippen molar-refractivity contribution in [3.63, 3.8) is 0 Å². The number of hydrogen-bond donors (Lipinski definition) is 1. The van der Waals surface area contributed by atoms with E-state index >= 15 is 0 Å². The normalized spacial score (nSPS) is 18.2. The van der Waals surface area contributed by atoms with Crippen LogP contribution >= 0.6 is 11.6 Å². The number of aromatic nitrogens is 1. The van der Waals surface area contributed by atoms with E-state index in [2.05, 4.69) is 10.3 Å². The zero-order valence-electron chi connectivity index (χ0n) is 13.1.